The van der Waals surface area contributed by atoms with Crippen LogP contribution in [0.3, 0.4) is 0 Å². The number of amides is 7. The molecule has 59 heavy (non-hydrogen) atoms. The van der Waals surface area contributed by atoms with Crippen LogP contribution < -0.4 is 60.6 Å². The van der Waals surface area contributed by atoms with Crippen molar-refractivity contribution in [2.24, 2.45) is 45.5 Å². The average Bonchev–Trinajstić information content (AvgIpc) is 3.14. The quantitative estimate of drug-likeness (QED) is 0.0183. The number of carbonyl (C=O) groups is 9. The van der Waals surface area contributed by atoms with Crippen LogP contribution >= 0.6 is 0 Å². The van der Waals surface area contributed by atoms with E-state index in [1.807, 2.05) is 0 Å². The molecular formula is C35H64N12O12. The molecule has 0 aliphatic heterocycles. The standard InChI is InChI=1S/C35H64N12O12/c1-5-18(4)27(33(57)45-23(34(58)59)15-25(38)49)47-31(55)22(13-17(2)3)44-29(53)20(9-6-7-11-36)43-32(56)24(16-48)46-30(54)21(10-8-12-41-35(39)40)42-28(52)19(37)14-26(50)51/h17-24,27,48H,5-16,36-37H2,1-4H3,(H2,38,49)(H,42,52)(H,43,56)(H,44,53)(H,45,57)(H,46,54)(H,47,55)(H,50,51)(H,58,59)(H4,39,40,41)/t18-,19-,20-,21-,22-,23-,24-,27-/m0/s1. The van der Waals surface area contributed by atoms with Crippen molar-refractivity contribution in [2.75, 3.05) is 19.7 Å². The minimum Gasteiger partial charge on any atom is -0.481 e. The van der Waals surface area contributed by atoms with Crippen LogP contribution in [0.2, 0.25) is 0 Å². The van der Waals surface area contributed by atoms with E-state index >= 15 is 0 Å². The van der Waals surface area contributed by atoms with Gasteiger partial charge >= 0.3 is 11.9 Å². The normalized spacial score (nSPS) is 15.1. The Bertz CT molecular complexity index is 1480. The summed E-state index contributed by atoms with van der Waals surface area (Å²) in [4.78, 5) is 118. The second kappa shape index (κ2) is 27.9. The highest BCUT2D eigenvalue weighted by molar-refractivity contribution is 5.97. The number of carbonyl (C=O) groups excluding carboxylic acids is 7. The van der Waals surface area contributed by atoms with E-state index in [0.29, 0.717) is 19.3 Å². The Labute approximate surface area is 342 Å². The molecule has 0 saturated heterocycles. The highest BCUT2D eigenvalue weighted by Gasteiger charge is 2.35. The number of nitrogens with zero attached hydrogens (tertiary/aromatic N) is 1. The number of unbranched alkanes of at least 4 members (excludes halogenated alkanes) is 1. The lowest BCUT2D eigenvalue weighted by molar-refractivity contribution is -0.144. The van der Waals surface area contributed by atoms with Gasteiger partial charge in [0.1, 0.15) is 36.3 Å². The monoisotopic (exact) mass is 844 g/mol. The van der Waals surface area contributed by atoms with Gasteiger partial charge in [-0.15, -0.1) is 0 Å². The van der Waals surface area contributed by atoms with Gasteiger partial charge in [0.2, 0.25) is 41.4 Å². The van der Waals surface area contributed by atoms with Gasteiger partial charge in [0.15, 0.2) is 5.96 Å². The van der Waals surface area contributed by atoms with Gasteiger partial charge in [-0.3, -0.25) is 43.3 Å². The number of nitrogens with two attached hydrogens (primary N) is 5. The molecule has 8 atom stereocenters. The number of aliphatic imine (C=N–C) groups is 1. The maximum Gasteiger partial charge on any atom is 0.326 e. The molecule has 24 heteroatoms. The molecule has 0 aromatic heterocycles. The Hall–Kier alpha value is -5.62. The zero-order valence-corrected chi connectivity index (χ0v) is 34.0. The summed E-state index contributed by atoms with van der Waals surface area (Å²) in [5.41, 5.74) is 27.1. The van der Waals surface area contributed by atoms with Gasteiger partial charge in [-0.2, -0.15) is 0 Å². The van der Waals surface area contributed by atoms with Crippen molar-refractivity contribution >= 4 is 59.2 Å². The van der Waals surface area contributed by atoms with Gasteiger partial charge in [0.25, 0.3) is 0 Å². The molecule has 0 saturated carbocycles. The third-order valence-electron chi connectivity index (χ3n) is 8.86. The molecule has 0 spiro atoms. The molecular weight excluding hydrogens is 780 g/mol. The summed E-state index contributed by atoms with van der Waals surface area (Å²) in [5.74, 6) is -10.4. The van der Waals surface area contributed by atoms with Gasteiger partial charge < -0.3 is 75.9 Å². The zero-order chi connectivity index (χ0) is 45.4. The Morgan fingerprint density at radius 1 is 0.627 bits per heavy atom. The molecule has 0 radical (unpaired) electrons. The first-order valence-corrected chi connectivity index (χ1v) is 19.2. The van der Waals surface area contributed by atoms with Crippen LogP contribution in [-0.4, -0.2) is 137 Å². The predicted octanol–water partition coefficient (Wildman–Crippen LogP) is -5.08. The molecule has 0 aliphatic rings. The van der Waals surface area contributed by atoms with Gasteiger partial charge in [0, 0.05) is 6.54 Å². The first-order valence-electron chi connectivity index (χ1n) is 19.2. The summed E-state index contributed by atoms with van der Waals surface area (Å²) in [6.07, 6.45) is -0.267. The van der Waals surface area contributed by atoms with Crippen LogP contribution in [0.15, 0.2) is 4.99 Å². The third-order valence-corrected chi connectivity index (χ3v) is 8.86. The Kier molecular flexibility index (Phi) is 25.3. The van der Waals surface area contributed by atoms with Crippen LogP contribution in [0.4, 0.5) is 0 Å². The number of aliphatic hydroxyl groups excluding tert-OH is 1. The number of rotatable bonds is 30. The van der Waals surface area contributed by atoms with Crippen LogP contribution in [0.5, 0.6) is 0 Å². The molecule has 0 fully saturated rings. The van der Waals surface area contributed by atoms with E-state index in [4.69, 9.17) is 33.8 Å². The molecule has 7 amide bonds. The number of aliphatic hydroxyl groups is 1. The molecule has 336 valence electrons. The van der Waals surface area contributed by atoms with Crippen LogP contribution in [0.1, 0.15) is 85.5 Å². The highest BCUT2D eigenvalue weighted by Crippen LogP contribution is 2.13. The number of nitrogens with one attached hydrogen (secondary N) is 6. The van der Waals surface area contributed by atoms with Gasteiger partial charge in [0.05, 0.1) is 25.5 Å². The summed E-state index contributed by atoms with van der Waals surface area (Å²) in [5, 5.41) is 43.1. The Morgan fingerprint density at radius 3 is 1.59 bits per heavy atom. The number of hydrogen-bond donors (Lipinski definition) is 14. The predicted molar refractivity (Wildman–Crippen MR) is 212 cm³/mol. The first kappa shape index (κ1) is 53.4. The Balaban J connectivity index is 6.31. The van der Waals surface area contributed by atoms with Crippen LogP contribution in [-0.2, 0) is 43.2 Å². The van der Waals surface area contributed by atoms with Crippen LogP contribution in [0, 0.1) is 11.8 Å². The number of primary amides is 1. The van der Waals surface area contributed by atoms with Crippen molar-refractivity contribution < 1.29 is 58.5 Å². The Morgan fingerprint density at radius 2 is 1.12 bits per heavy atom. The first-order chi connectivity index (χ1) is 27.6. The van der Waals surface area contributed by atoms with Crippen molar-refractivity contribution in [3.63, 3.8) is 0 Å². The van der Waals surface area contributed by atoms with E-state index in [0.717, 1.165) is 0 Å². The van der Waals surface area contributed by atoms with E-state index in [9.17, 15) is 53.4 Å². The maximum absolute atomic E-state index is 13.8. The van der Waals surface area contributed by atoms with Crippen molar-refractivity contribution in [2.45, 2.75) is 128 Å². The van der Waals surface area contributed by atoms with E-state index < -0.39 is 121 Å². The number of carboxylic acids is 2. The molecule has 0 rings (SSSR count). The smallest absolute Gasteiger partial charge is 0.326 e. The summed E-state index contributed by atoms with van der Waals surface area (Å²) in [6, 6.07) is -10.2. The number of guanidine groups is 1. The number of hydrogen-bond acceptors (Lipinski definition) is 13. The molecule has 19 N–H and O–H groups in total. The zero-order valence-electron chi connectivity index (χ0n) is 34.0. The van der Waals surface area contributed by atoms with Crippen molar-refractivity contribution in [1.29, 1.82) is 0 Å². The highest BCUT2D eigenvalue weighted by atomic mass is 16.4. The largest absolute Gasteiger partial charge is 0.481 e. The lowest BCUT2D eigenvalue weighted by Crippen LogP contribution is -2.61. The SMILES string of the molecule is CC[C@H](C)[C@H](NC(=O)[C@H](CC(C)C)NC(=O)[C@H](CCCCN)NC(=O)[C@H](CO)NC(=O)[C@H](CCCN=C(N)N)NC(=O)[C@@H](N)CC(=O)O)C(=O)N[C@@H](CC(N)=O)C(=O)O. The van der Waals surface area contributed by atoms with Gasteiger partial charge in [-0.1, -0.05) is 34.1 Å². The van der Waals surface area contributed by atoms with Crippen molar-refractivity contribution in [3.8, 4) is 0 Å². The van der Waals surface area contributed by atoms with Crippen molar-refractivity contribution in [1.82, 2.24) is 31.9 Å². The minimum absolute atomic E-state index is 0.00380. The van der Waals surface area contributed by atoms with E-state index in [1.165, 1.54) is 0 Å². The summed E-state index contributed by atoms with van der Waals surface area (Å²) < 4.78 is 0. The topological polar surface area (TPSA) is 429 Å². The molecule has 0 unspecified atom stereocenters. The second-order valence-electron chi connectivity index (χ2n) is 14.4. The third kappa shape index (κ3) is 21.6. The molecule has 24 nitrogen and oxygen atoms in total. The summed E-state index contributed by atoms with van der Waals surface area (Å²) in [6.45, 7) is 6.18. The fraction of sp³-hybridized carbons (Fsp3) is 0.714. The van der Waals surface area contributed by atoms with Gasteiger partial charge in [-0.25, -0.2) is 4.79 Å². The summed E-state index contributed by atoms with van der Waals surface area (Å²) >= 11 is 0. The molecule has 0 aromatic carbocycles. The molecule has 0 aromatic rings. The van der Waals surface area contributed by atoms with E-state index in [2.05, 4.69) is 36.9 Å². The van der Waals surface area contributed by atoms with Crippen molar-refractivity contribution in [3.05, 3.63) is 0 Å². The fourth-order valence-corrected chi connectivity index (χ4v) is 5.43. The van der Waals surface area contributed by atoms with Gasteiger partial charge in [-0.05, 0) is 56.9 Å². The van der Waals surface area contributed by atoms with E-state index in [-0.39, 0.29) is 50.7 Å². The molecule has 0 bridgehead atoms. The lowest BCUT2D eigenvalue weighted by atomic mass is 9.96. The maximum atomic E-state index is 13.8. The molecule has 0 heterocycles. The van der Waals surface area contributed by atoms with Crippen LogP contribution in [0.25, 0.3) is 0 Å². The summed E-state index contributed by atoms with van der Waals surface area (Å²) in [7, 11) is 0. The molecule has 0 aliphatic carbocycles. The minimum atomic E-state index is -1.68. The fourth-order valence-electron chi connectivity index (χ4n) is 5.43. The average molecular weight is 845 g/mol. The second-order valence-corrected chi connectivity index (χ2v) is 14.4. The van der Waals surface area contributed by atoms with E-state index in [1.54, 1.807) is 27.7 Å². The number of carboxylic acid groups (broad SMARTS) is 2. The number of aliphatic carboxylic acids is 2. The lowest BCUT2D eigenvalue weighted by Gasteiger charge is -2.29.